The van der Waals surface area contributed by atoms with Gasteiger partial charge in [-0.2, -0.15) is 0 Å². The summed E-state index contributed by atoms with van der Waals surface area (Å²) in [5, 5.41) is 36.5. The zero-order chi connectivity index (χ0) is 14.5. The maximum Gasteiger partial charge on any atom is 0.331 e. The number of allylic oxidation sites excluding steroid dienone is 1. The van der Waals surface area contributed by atoms with Gasteiger partial charge in [-0.25, -0.2) is 9.59 Å². The van der Waals surface area contributed by atoms with Crippen LogP contribution in [0.15, 0.2) is 23.3 Å². The highest BCUT2D eigenvalue weighted by molar-refractivity contribution is 5.86. The Bertz CT molecular complexity index is 391. The molecule has 0 saturated heterocycles. The van der Waals surface area contributed by atoms with Crippen molar-refractivity contribution in [3.63, 3.8) is 0 Å². The fourth-order valence-corrected chi connectivity index (χ4v) is 1.50. The average Bonchev–Trinajstić information content (AvgIpc) is 2.14. The Kier molecular flexibility index (Phi) is 5.74. The van der Waals surface area contributed by atoms with Crippen molar-refractivity contribution in [3.05, 3.63) is 23.3 Å². The molecule has 6 heteroatoms. The molecule has 0 bridgehead atoms. The molecule has 0 amide bonds. The van der Waals surface area contributed by atoms with Crippen LogP contribution in [0.25, 0.3) is 0 Å². The zero-order valence-corrected chi connectivity index (χ0v) is 10.5. The summed E-state index contributed by atoms with van der Waals surface area (Å²) in [5.41, 5.74) is -0.0941. The van der Waals surface area contributed by atoms with Crippen LogP contribution < -0.4 is 0 Å². The summed E-state index contributed by atoms with van der Waals surface area (Å²) in [6.07, 6.45) is 2.02. The molecule has 6 nitrogen and oxygen atoms in total. The van der Waals surface area contributed by atoms with Crippen molar-refractivity contribution < 1.29 is 30.0 Å². The Morgan fingerprint density at radius 1 is 1.11 bits per heavy atom. The molecule has 0 radical (unpaired) electrons. The molecule has 0 saturated carbocycles. The standard InChI is InChI=1S/C12H18O6/c1-7(4-8(2)10(13)14)5-12(17,18)6-9(3)11(15)16/h4,6-7,17-18H,5H2,1-3H3,(H,13,14)(H,15,16). The van der Waals surface area contributed by atoms with Gasteiger partial charge >= 0.3 is 11.9 Å². The van der Waals surface area contributed by atoms with Crippen molar-refractivity contribution in [2.75, 3.05) is 0 Å². The highest BCUT2D eigenvalue weighted by Gasteiger charge is 2.24. The van der Waals surface area contributed by atoms with Crippen LogP contribution in [0.4, 0.5) is 0 Å². The Hall–Kier alpha value is -1.66. The third-order valence-electron chi connectivity index (χ3n) is 2.28. The summed E-state index contributed by atoms with van der Waals surface area (Å²) in [6.45, 7) is 4.25. The first-order valence-corrected chi connectivity index (χ1v) is 5.34. The minimum atomic E-state index is -2.28. The van der Waals surface area contributed by atoms with Crippen LogP contribution in [0.1, 0.15) is 27.2 Å². The molecule has 1 unspecified atom stereocenters. The first-order chi connectivity index (χ1) is 8.05. The molecule has 18 heavy (non-hydrogen) atoms. The van der Waals surface area contributed by atoms with Crippen LogP contribution in [-0.4, -0.2) is 38.2 Å². The van der Waals surface area contributed by atoms with E-state index in [1.165, 1.54) is 19.9 Å². The minimum absolute atomic E-state index is 0.0947. The normalized spacial score (nSPS) is 15.4. The molecule has 0 aromatic heterocycles. The fourth-order valence-electron chi connectivity index (χ4n) is 1.50. The average molecular weight is 258 g/mol. The number of hydrogen-bond donors (Lipinski definition) is 4. The van der Waals surface area contributed by atoms with E-state index in [0.717, 1.165) is 6.08 Å². The Labute approximate surface area is 105 Å². The third kappa shape index (κ3) is 6.17. The van der Waals surface area contributed by atoms with Gasteiger partial charge < -0.3 is 20.4 Å². The molecule has 0 spiro atoms. The van der Waals surface area contributed by atoms with Gasteiger partial charge in [0.05, 0.1) is 0 Å². The molecular formula is C12H18O6. The Balaban J connectivity index is 4.79. The number of carboxylic acid groups (broad SMARTS) is 2. The molecule has 0 rings (SSSR count). The highest BCUT2D eigenvalue weighted by Crippen LogP contribution is 2.19. The minimum Gasteiger partial charge on any atom is -0.478 e. The van der Waals surface area contributed by atoms with Crippen molar-refractivity contribution in [2.24, 2.45) is 5.92 Å². The number of aliphatic hydroxyl groups is 2. The van der Waals surface area contributed by atoms with Crippen molar-refractivity contribution in [1.82, 2.24) is 0 Å². The van der Waals surface area contributed by atoms with E-state index < -0.39 is 23.6 Å². The Morgan fingerprint density at radius 3 is 1.94 bits per heavy atom. The van der Waals surface area contributed by atoms with E-state index in [1.807, 2.05) is 0 Å². The number of hydrogen-bond acceptors (Lipinski definition) is 4. The van der Waals surface area contributed by atoms with Crippen molar-refractivity contribution in [2.45, 2.75) is 33.0 Å². The van der Waals surface area contributed by atoms with Crippen LogP contribution in [0.2, 0.25) is 0 Å². The smallest absolute Gasteiger partial charge is 0.331 e. The van der Waals surface area contributed by atoms with E-state index in [1.54, 1.807) is 6.92 Å². The maximum absolute atomic E-state index is 10.6. The lowest BCUT2D eigenvalue weighted by Crippen LogP contribution is -2.28. The predicted molar refractivity (Wildman–Crippen MR) is 63.7 cm³/mol. The van der Waals surface area contributed by atoms with Crippen LogP contribution in [0, 0.1) is 5.92 Å². The summed E-state index contributed by atoms with van der Waals surface area (Å²) >= 11 is 0. The van der Waals surface area contributed by atoms with Gasteiger partial charge in [0.25, 0.3) is 0 Å². The summed E-state index contributed by atoms with van der Waals surface area (Å²) < 4.78 is 0. The summed E-state index contributed by atoms with van der Waals surface area (Å²) in [7, 11) is 0. The van der Waals surface area contributed by atoms with Crippen LogP contribution >= 0.6 is 0 Å². The van der Waals surface area contributed by atoms with Crippen molar-refractivity contribution in [1.29, 1.82) is 0 Å². The topological polar surface area (TPSA) is 115 Å². The van der Waals surface area contributed by atoms with E-state index in [2.05, 4.69) is 0 Å². The second kappa shape index (κ2) is 6.32. The molecule has 102 valence electrons. The van der Waals surface area contributed by atoms with E-state index in [9.17, 15) is 19.8 Å². The molecule has 4 N–H and O–H groups in total. The largest absolute Gasteiger partial charge is 0.478 e. The van der Waals surface area contributed by atoms with E-state index >= 15 is 0 Å². The first-order valence-electron chi connectivity index (χ1n) is 5.34. The predicted octanol–water partition coefficient (Wildman–Crippen LogP) is 0.755. The van der Waals surface area contributed by atoms with Gasteiger partial charge in [-0.15, -0.1) is 0 Å². The van der Waals surface area contributed by atoms with Crippen LogP contribution in [0.3, 0.4) is 0 Å². The van der Waals surface area contributed by atoms with Crippen molar-refractivity contribution in [3.8, 4) is 0 Å². The lowest BCUT2D eigenvalue weighted by atomic mass is 9.97. The lowest BCUT2D eigenvalue weighted by Gasteiger charge is -2.21. The van der Waals surface area contributed by atoms with Gasteiger partial charge in [0, 0.05) is 17.6 Å². The molecular weight excluding hydrogens is 240 g/mol. The highest BCUT2D eigenvalue weighted by atomic mass is 16.5. The van der Waals surface area contributed by atoms with E-state index in [-0.39, 0.29) is 17.6 Å². The second-order valence-corrected chi connectivity index (χ2v) is 4.35. The molecule has 1 atom stereocenters. The molecule has 0 aliphatic rings. The van der Waals surface area contributed by atoms with Gasteiger partial charge in [0.15, 0.2) is 5.79 Å². The molecule has 0 aromatic carbocycles. The maximum atomic E-state index is 10.6. The van der Waals surface area contributed by atoms with Gasteiger partial charge in [-0.1, -0.05) is 13.0 Å². The SMILES string of the molecule is CC(=CC(C)CC(O)(O)C=C(C)C(=O)O)C(=O)O. The lowest BCUT2D eigenvalue weighted by molar-refractivity contribution is -0.137. The van der Waals surface area contributed by atoms with Crippen LogP contribution in [-0.2, 0) is 9.59 Å². The number of carbonyl (C=O) groups is 2. The molecule has 0 heterocycles. The third-order valence-corrected chi connectivity index (χ3v) is 2.28. The molecule has 0 aliphatic heterocycles. The van der Waals surface area contributed by atoms with Gasteiger partial charge in [-0.3, -0.25) is 0 Å². The van der Waals surface area contributed by atoms with E-state index in [4.69, 9.17) is 10.2 Å². The monoisotopic (exact) mass is 258 g/mol. The molecule has 0 fully saturated rings. The van der Waals surface area contributed by atoms with Gasteiger partial charge in [0.2, 0.25) is 0 Å². The second-order valence-electron chi connectivity index (χ2n) is 4.35. The fraction of sp³-hybridized carbons (Fsp3) is 0.500. The summed E-state index contributed by atoms with van der Waals surface area (Å²) in [6, 6.07) is 0. The van der Waals surface area contributed by atoms with Gasteiger partial charge in [0.1, 0.15) is 0 Å². The zero-order valence-electron chi connectivity index (χ0n) is 10.5. The van der Waals surface area contributed by atoms with E-state index in [0.29, 0.717) is 0 Å². The summed E-state index contributed by atoms with van der Waals surface area (Å²) in [4.78, 5) is 21.1. The molecule has 0 aromatic rings. The number of rotatable bonds is 6. The Morgan fingerprint density at radius 2 is 1.56 bits per heavy atom. The van der Waals surface area contributed by atoms with Crippen LogP contribution in [0.5, 0.6) is 0 Å². The first kappa shape index (κ1) is 16.3. The van der Waals surface area contributed by atoms with Crippen molar-refractivity contribution >= 4 is 11.9 Å². The summed E-state index contributed by atoms with van der Waals surface area (Å²) in [5.74, 6) is -5.03. The molecule has 0 aliphatic carbocycles. The quantitative estimate of drug-likeness (QED) is 0.413. The number of carboxylic acids is 2. The number of aliphatic carboxylic acids is 2. The van der Waals surface area contributed by atoms with Gasteiger partial charge in [-0.05, 0) is 25.8 Å².